The summed E-state index contributed by atoms with van der Waals surface area (Å²) in [6.45, 7) is 1.97. The molecule has 0 spiro atoms. The number of aliphatic imine (C=N–C) groups is 1. The van der Waals surface area contributed by atoms with Gasteiger partial charge in [0.25, 0.3) is 0 Å². The van der Waals surface area contributed by atoms with E-state index in [4.69, 9.17) is 23.8 Å². The van der Waals surface area contributed by atoms with Crippen molar-refractivity contribution in [1.29, 1.82) is 0 Å². The third-order valence-electron chi connectivity index (χ3n) is 4.03. The highest BCUT2D eigenvalue weighted by Gasteiger charge is 2.19. The molecule has 0 fully saturated rings. The van der Waals surface area contributed by atoms with Gasteiger partial charge >= 0.3 is 0 Å². The molecule has 4 rings (SSSR count). The minimum atomic E-state index is 0.113. The molecule has 1 N–H and O–H groups in total. The number of allylic oxidation sites excluding steroid dienone is 1. The van der Waals surface area contributed by atoms with Crippen molar-refractivity contribution in [3.8, 4) is 11.6 Å². The number of nitrogens with zero attached hydrogens (tertiary/aromatic N) is 2. The molecule has 0 saturated heterocycles. The maximum Gasteiger partial charge on any atom is 0.215 e. The van der Waals surface area contributed by atoms with Crippen molar-refractivity contribution in [2.45, 2.75) is 6.92 Å². The highest BCUT2D eigenvalue weighted by molar-refractivity contribution is 7.73. The molecular formula is C19H13ClN2OS2. The van der Waals surface area contributed by atoms with E-state index in [2.05, 4.69) is 4.99 Å². The van der Waals surface area contributed by atoms with Crippen molar-refractivity contribution in [3.05, 3.63) is 67.9 Å². The van der Waals surface area contributed by atoms with Gasteiger partial charge in [0, 0.05) is 21.9 Å². The Morgan fingerprint density at radius 1 is 1.20 bits per heavy atom. The molecule has 1 aliphatic rings. The van der Waals surface area contributed by atoms with Crippen molar-refractivity contribution in [3.63, 3.8) is 0 Å². The van der Waals surface area contributed by atoms with E-state index in [1.807, 2.05) is 49.4 Å². The number of halogens is 1. The lowest BCUT2D eigenvalue weighted by molar-refractivity contribution is 0.441. The standard InChI is InChI=1S/C19H13ClN2OS2/c1-11-15(14-7-2-3-8-16(14)21-11)10-17-18(23)22(19(24)25-17)13-6-4-5-12(20)9-13/h2-10,23H,1H3/b15-10-. The maximum atomic E-state index is 10.7. The smallest absolute Gasteiger partial charge is 0.215 e. The largest absolute Gasteiger partial charge is 0.493 e. The first-order chi connectivity index (χ1) is 12.0. The Hall–Kier alpha value is -2.21. The fraction of sp³-hybridized carbons (Fsp3) is 0.0526. The first-order valence-corrected chi connectivity index (χ1v) is 9.22. The quantitative estimate of drug-likeness (QED) is 0.528. The number of hydrogen-bond donors (Lipinski definition) is 1. The van der Waals surface area contributed by atoms with Crippen LogP contribution in [0.15, 0.2) is 53.5 Å². The summed E-state index contributed by atoms with van der Waals surface area (Å²) >= 11 is 12.9. The van der Waals surface area contributed by atoms with E-state index in [1.165, 1.54) is 11.3 Å². The maximum absolute atomic E-state index is 10.7. The lowest BCUT2D eigenvalue weighted by atomic mass is 10.0. The van der Waals surface area contributed by atoms with Gasteiger partial charge in [-0.2, -0.15) is 0 Å². The summed E-state index contributed by atoms with van der Waals surface area (Å²) in [5.74, 6) is 0.113. The molecule has 2 aromatic carbocycles. The fourth-order valence-electron chi connectivity index (χ4n) is 2.87. The van der Waals surface area contributed by atoms with Crippen LogP contribution in [0.4, 0.5) is 5.69 Å². The summed E-state index contributed by atoms with van der Waals surface area (Å²) in [4.78, 5) is 5.28. The van der Waals surface area contributed by atoms with Crippen molar-refractivity contribution in [2.75, 3.05) is 0 Å². The third kappa shape index (κ3) is 2.84. The van der Waals surface area contributed by atoms with Crippen molar-refractivity contribution >= 4 is 58.2 Å². The fourth-order valence-corrected chi connectivity index (χ4v) is 4.34. The second-order valence-electron chi connectivity index (χ2n) is 5.64. The average Bonchev–Trinajstić information content (AvgIpc) is 3.04. The zero-order valence-electron chi connectivity index (χ0n) is 13.2. The molecule has 3 aromatic rings. The van der Waals surface area contributed by atoms with Gasteiger partial charge in [-0.3, -0.25) is 9.56 Å². The molecule has 1 aromatic heterocycles. The summed E-state index contributed by atoms with van der Waals surface area (Å²) in [5, 5.41) is 11.3. The molecule has 0 amide bonds. The number of rotatable bonds is 2. The van der Waals surface area contributed by atoms with E-state index in [9.17, 15) is 5.11 Å². The molecule has 0 bridgehead atoms. The molecule has 124 valence electrons. The molecule has 6 heteroatoms. The van der Waals surface area contributed by atoms with Gasteiger partial charge < -0.3 is 5.11 Å². The Morgan fingerprint density at radius 2 is 2.00 bits per heavy atom. The molecular weight excluding hydrogens is 372 g/mol. The second-order valence-corrected chi connectivity index (χ2v) is 7.76. The number of fused-ring (bicyclic) bond motifs is 1. The van der Waals surface area contributed by atoms with E-state index in [0.717, 1.165) is 28.2 Å². The highest BCUT2D eigenvalue weighted by Crippen LogP contribution is 2.39. The summed E-state index contributed by atoms with van der Waals surface area (Å²) in [5.41, 5.74) is 4.68. The SMILES string of the molecule is CC1=Nc2ccccc2/C1=C\c1sc(=S)n(-c2cccc(Cl)c2)c1O. The predicted octanol–water partition coefficient (Wildman–Crippen LogP) is 6.27. The zero-order valence-corrected chi connectivity index (χ0v) is 15.6. The van der Waals surface area contributed by atoms with Crippen molar-refractivity contribution < 1.29 is 5.11 Å². The second kappa shape index (κ2) is 6.26. The number of thiazole rings is 1. The molecule has 3 nitrogen and oxygen atoms in total. The van der Waals surface area contributed by atoms with E-state index in [0.29, 0.717) is 13.9 Å². The number of para-hydroxylation sites is 1. The number of aromatic hydroxyl groups is 1. The molecule has 0 unspecified atom stereocenters. The summed E-state index contributed by atoms with van der Waals surface area (Å²) in [7, 11) is 0. The zero-order chi connectivity index (χ0) is 17.6. The summed E-state index contributed by atoms with van der Waals surface area (Å²) in [6, 6.07) is 15.2. The normalized spacial score (nSPS) is 14.6. The van der Waals surface area contributed by atoms with Crippen LogP contribution in [0.2, 0.25) is 5.02 Å². The van der Waals surface area contributed by atoms with E-state index in [-0.39, 0.29) is 5.88 Å². The lowest BCUT2D eigenvalue weighted by Gasteiger charge is -2.05. The first kappa shape index (κ1) is 16.3. The van der Waals surface area contributed by atoms with Crippen LogP contribution in [0, 0.1) is 3.95 Å². The van der Waals surface area contributed by atoms with Crippen LogP contribution in [-0.2, 0) is 0 Å². The van der Waals surface area contributed by atoms with Crippen molar-refractivity contribution in [1.82, 2.24) is 4.57 Å². The lowest BCUT2D eigenvalue weighted by Crippen LogP contribution is -1.93. The van der Waals surface area contributed by atoms with Crippen LogP contribution in [0.3, 0.4) is 0 Å². The van der Waals surface area contributed by atoms with Crippen LogP contribution in [0.5, 0.6) is 5.88 Å². The summed E-state index contributed by atoms with van der Waals surface area (Å²) in [6.07, 6.45) is 1.95. The van der Waals surface area contributed by atoms with Gasteiger partial charge in [0.1, 0.15) is 0 Å². The van der Waals surface area contributed by atoms with E-state index < -0.39 is 0 Å². The number of hydrogen-bond acceptors (Lipinski definition) is 4. The van der Waals surface area contributed by atoms with Gasteiger partial charge in [0.2, 0.25) is 5.88 Å². The Balaban J connectivity index is 1.85. The van der Waals surface area contributed by atoms with E-state index >= 15 is 0 Å². The van der Waals surface area contributed by atoms with Crippen molar-refractivity contribution in [2.24, 2.45) is 4.99 Å². The van der Waals surface area contributed by atoms with Crippen LogP contribution in [0.1, 0.15) is 17.4 Å². The number of benzene rings is 2. The van der Waals surface area contributed by atoms with Crippen LogP contribution in [0.25, 0.3) is 17.3 Å². The minimum absolute atomic E-state index is 0.113. The molecule has 0 radical (unpaired) electrons. The van der Waals surface area contributed by atoms with Crippen LogP contribution < -0.4 is 0 Å². The minimum Gasteiger partial charge on any atom is -0.493 e. The highest BCUT2D eigenvalue weighted by atomic mass is 35.5. The molecule has 0 saturated carbocycles. The van der Waals surface area contributed by atoms with Gasteiger partial charge in [-0.1, -0.05) is 35.9 Å². The Morgan fingerprint density at radius 3 is 2.80 bits per heavy atom. The molecule has 2 heterocycles. The Kier molecular flexibility index (Phi) is 4.07. The molecule has 1 aliphatic heterocycles. The van der Waals surface area contributed by atoms with Gasteiger partial charge in [0.15, 0.2) is 3.95 Å². The van der Waals surface area contributed by atoms with E-state index in [1.54, 1.807) is 16.7 Å². The van der Waals surface area contributed by atoms with Gasteiger partial charge in [0.05, 0.1) is 16.3 Å². The Bertz CT molecular complexity index is 1110. The summed E-state index contributed by atoms with van der Waals surface area (Å²) < 4.78 is 2.19. The third-order valence-corrected chi connectivity index (χ3v) is 5.57. The van der Waals surface area contributed by atoms with Crippen LogP contribution in [-0.4, -0.2) is 15.4 Å². The molecule has 0 aliphatic carbocycles. The average molecular weight is 385 g/mol. The van der Waals surface area contributed by atoms with Gasteiger partial charge in [-0.05, 0) is 49.5 Å². The van der Waals surface area contributed by atoms with Gasteiger partial charge in [-0.25, -0.2) is 0 Å². The molecule has 25 heavy (non-hydrogen) atoms. The topological polar surface area (TPSA) is 37.5 Å². The predicted molar refractivity (Wildman–Crippen MR) is 108 cm³/mol. The first-order valence-electron chi connectivity index (χ1n) is 7.62. The Labute approximate surface area is 159 Å². The monoisotopic (exact) mass is 384 g/mol. The number of aromatic nitrogens is 1. The van der Waals surface area contributed by atoms with Gasteiger partial charge in [-0.15, -0.1) is 11.3 Å². The van der Waals surface area contributed by atoms with Crippen LogP contribution >= 0.6 is 35.2 Å². The molecule has 0 atom stereocenters.